The number of hydrogen-bond donors (Lipinski definition) is 0. The molecule has 0 aromatic heterocycles. The van der Waals surface area contributed by atoms with Crippen LogP contribution < -0.4 is 9.47 Å². The van der Waals surface area contributed by atoms with E-state index in [0.717, 1.165) is 17.1 Å². The monoisotopic (exact) mass is 256 g/mol. The quantitative estimate of drug-likeness (QED) is 0.802. The Balaban J connectivity index is 2.49. The lowest BCUT2D eigenvalue weighted by atomic mass is 9.97. The third kappa shape index (κ3) is 2.90. The molecule has 0 heterocycles. The average molecular weight is 256 g/mol. The molecule has 0 saturated heterocycles. The van der Waals surface area contributed by atoms with Crippen LogP contribution in [0.15, 0.2) is 42.5 Å². The Morgan fingerprint density at radius 3 is 2.32 bits per heavy atom. The van der Waals surface area contributed by atoms with E-state index in [-0.39, 0.29) is 0 Å². The van der Waals surface area contributed by atoms with Crippen molar-refractivity contribution in [3.63, 3.8) is 0 Å². The summed E-state index contributed by atoms with van der Waals surface area (Å²) in [6.07, 6.45) is 0. The molecule has 0 radical (unpaired) electrons. The lowest BCUT2D eigenvalue weighted by Crippen LogP contribution is -1.92. The van der Waals surface area contributed by atoms with Gasteiger partial charge >= 0.3 is 0 Å². The predicted molar refractivity (Wildman–Crippen MR) is 79.1 cm³/mol. The lowest BCUT2D eigenvalue weighted by Gasteiger charge is -2.12. The van der Waals surface area contributed by atoms with Crippen molar-refractivity contribution in [1.29, 1.82) is 0 Å². The topological polar surface area (TPSA) is 18.5 Å². The van der Waals surface area contributed by atoms with E-state index in [0.29, 0.717) is 5.92 Å². The van der Waals surface area contributed by atoms with Crippen LogP contribution in [0.2, 0.25) is 0 Å². The van der Waals surface area contributed by atoms with Gasteiger partial charge in [-0.05, 0) is 29.2 Å². The minimum Gasteiger partial charge on any atom is -0.497 e. The minimum atomic E-state index is 0.518. The van der Waals surface area contributed by atoms with Crippen molar-refractivity contribution in [2.24, 2.45) is 0 Å². The van der Waals surface area contributed by atoms with E-state index in [4.69, 9.17) is 9.47 Å². The predicted octanol–water partition coefficient (Wildman–Crippen LogP) is 4.49. The van der Waals surface area contributed by atoms with Crippen LogP contribution in [0.1, 0.15) is 25.3 Å². The van der Waals surface area contributed by atoms with Crippen molar-refractivity contribution in [3.8, 4) is 22.6 Å². The van der Waals surface area contributed by atoms with Crippen LogP contribution >= 0.6 is 0 Å². The molecule has 2 rings (SSSR count). The second-order valence-corrected chi connectivity index (χ2v) is 4.85. The first kappa shape index (κ1) is 13.5. The van der Waals surface area contributed by atoms with E-state index in [1.807, 2.05) is 18.2 Å². The molecular weight excluding hydrogens is 236 g/mol. The van der Waals surface area contributed by atoms with E-state index < -0.39 is 0 Å². The lowest BCUT2D eigenvalue weighted by molar-refractivity contribution is 0.395. The summed E-state index contributed by atoms with van der Waals surface area (Å²) in [6.45, 7) is 4.40. The number of rotatable bonds is 4. The summed E-state index contributed by atoms with van der Waals surface area (Å²) in [7, 11) is 3.35. The van der Waals surface area contributed by atoms with Gasteiger partial charge < -0.3 is 9.47 Å². The zero-order valence-electron chi connectivity index (χ0n) is 11.9. The summed E-state index contributed by atoms with van der Waals surface area (Å²) in [5.41, 5.74) is 3.59. The van der Waals surface area contributed by atoms with Crippen LogP contribution in [0.4, 0.5) is 0 Å². The molecule has 0 spiro atoms. The molecule has 0 aliphatic rings. The van der Waals surface area contributed by atoms with Gasteiger partial charge in [0.15, 0.2) is 0 Å². The van der Waals surface area contributed by atoms with Crippen LogP contribution in [0.3, 0.4) is 0 Å². The molecule has 100 valence electrons. The smallest absolute Gasteiger partial charge is 0.130 e. The van der Waals surface area contributed by atoms with Crippen molar-refractivity contribution >= 4 is 0 Å². The third-order valence-electron chi connectivity index (χ3n) is 3.27. The fraction of sp³-hybridized carbons (Fsp3) is 0.294. The normalized spacial score (nSPS) is 10.6. The van der Waals surface area contributed by atoms with Gasteiger partial charge in [0.1, 0.15) is 11.5 Å². The summed E-state index contributed by atoms with van der Waals surface area (Å²) in [6, 6.07) is 14.5. The largest absolute Gasteiger partial charge is 0.497 e. The van der Waals surface area contributed by atoms with Crippen LogP contribution in [-0.4, -0.2) is 14.2 Å². The Morgan fingerprint density at radius 2 is 1.68 bits per heavy atom. The highest BCUT2D eigenvalue weighted by atomic mass is 16.5. The molecule has 0 aliphatic carbocycles. The summed E-state index contributed by atoms with van der Waals surface area (Å²) in [4.78, 5) is 0. The number of methoxy groups -OCH3 is 2. The molecule has 0 aliphatic heterocycles. The van der Waals surface area contributed by atoms with E-state index in [1.54, 1.807) is 14.2 Å². The molecule has 2 aromatic carbocycles. The Bertz CT molecular complexity index is 559. The minimum absolute atomic E-state index is 0.518. The molecule has 0 amide bonds. The SMILES string of the molecule is COc1ccc(-c2cccc(C(C)C)c2)c(OC)c1. The maximum absolute atomic E-state index is 5.46. The van der Waals surface area contributed by atoms with Crippen LogP contribution in [-0.2, 0) is 0 Å². The number of hydrogen-bond acceptors (Lipinski definition) is 2. The summed E-state index contributed by atoms with van der Waals surface area (Å²) in [5, 5.41) is 0. The van der Waals surface area contributed by atoms with Crippen molar-refractivity contribution in [1.82, 2.24) is 0 Å². The standard InChI is InChI=1S/C17H20O2/c1-12(2)13-6-5-7-14(10-13)16-9-8-15(18-3)11-17(16)19-4/h5-12H,1-4H3. The van der Waals surface area contributed by atoms with Gasteiger partial charge in [-0.2, -0.15) is 0 Å². The molecule has 19 heavy (non-hydrogen) atoms. The number of benzene rings is 2. The fourth-order valence-corrected chi connectivity index (χ4v) is 2.10. The van der Waals surface area contributed by atoms with Gasteiger partial charge in [-0.15, -0.1) is 0 Å². The molecule has 2 aromatic rings. The first-order valence-corrected chi connectivity index (χ1v) is 6.48. The van der Waals surface area contributed by atoms with Crippen LogP contribution in [0.5, 0.6) is 11.5 Å². The Labute approximate surface area is 115 Å². The van der Waals surface area contributed by atoms with Crippen molar-refractivity contribution < 1.29 is 9.47 Å². The Kier molecular flexibility index (Phi) is 4.10. The summed E-state index contributed by atoms with van der Waals surface area (Å²) in [5.74, 6) is 2.16. The average Bonchev–Trinajstić information content (AvgIpc) is 2.46. The second kappa shape index (κ2) is 5.79. The summed E-state index contributed by atoms with van der Waals surface area (Å²) >= 11 is 0. The highest BCUT2D eigenvalue weighted by Gasteiger charge is 2.08. The molecule has 0 saturated carbocycles. The Morgan fingerprint density at radius 1 is 0.895 bits per heavy atom. The summed E-state index contributed by atoms with van der Waals surface area (Å²) < 4.78 is 10.7. The molecular formula is C17H20O2. The second-order valence-electron chi connectivity index (χ2n) is 4.85. The van der Waals surface area contributed by atoms with Crippen molar-refractivity contribution in [2.45, 2.75) is 19.8 Å². The van der Waals surface area contributed by atoms with E-state index >= 15 is 0 Å². The fourth-order valence-electron chi connectivity index (χ4n) is 2.10. The molecule has 0 N–H and O–H groups in total. The highest BCUT2D eigenvalue weighted by Crippen LogP contribution is 2.34. The molecule has 0 atom stereocenters. The maximum atomic E-state index is 5.46. The molecule has 0 bridgehead atoms. The number of ether oxygens (including phenoxy) is 2. The molecule has 0 unspecified atom stereocenters. The zero-order chi connectivity index (χ0) is 13.8. The van der Waals surface area contributed by atoms with E-state index in [9.17, 15) is 0 Å². The molecule has 0 fully saturated rings. The van der Waals surface area contributed by atoms with Gasteiger partial charge in [-0.25, -0.2) is 0 Å². The highest BCUT2D eigenvalue weighted by molar-refractivity contribution is 5.72. The van der Waals surface area contributed by atoms with E-state index in [1.165, 1.54) is 11.1 Å². The van der Waals surface area contributed by atoms with Gasteiger partial charge in [-0.3, -0.25) is 0 Å². The molecule has 2 heteroatoms. The van der Waals surface area contributed by atoms with Crippen LogP contribution in [0.25, 0.3) is 11.1 Å². The first-order valence-electron chi connectivity index (χ1n) is 6.48. The maximum Gasteiger partial charge on any atom is 0.130 e. The molecule has 2 nitrogen and oxygen atoms in total. The van der Waals surface area contributed by atoms with Gasteiger partial charge in [0.2, 0.25) is 0 Å². The van der Waals surface area contributed by atoms with Gasteiger partial charge in [-0.1, -0.05) is 38.1 Å². The third-order valence-corrected chi connectivity index (χ3v) is 3.27. The zero-order valence-corrected chi connectivity index (χ0v) is 11.9. The Hall–Kier alpha value is -1.96. The van der Waals surface area contributed by atoms with Crippen molar-refractivity contribution in [3.05, 3.63) is 48.0 Å². The first-order chi connectivity index (χ1) is 9.15. The van der Waals surface area contributed by atoms with Crippen molar-refractivity contribution in [2.75, 3.05) is 14.2 Å². The van der Waals surface area contributed by atoms with E-state index in [2.05, 4.69) is 38.1 Å². The van der Waals surface area contributed by atoms with Gasteiger partial charge in [0.25, 0.3) is 0 Å². The van der Waals surface area contributed by atoms with Crippen LogP contribution in [0, 0.1) is 0 Å². The van der Waals surface area contributed by atoms with Gasteiger partial charge in [0.05, 0.1) is 14.2 Å². The van der Waals surface area contributed by atoms with Gasteiger partial charge in [0, 0.05) is 11.6 Å².